The van der Waals surface area contributed by atoms with Crippen LogP contribution in [0.1, 0.15) is 19.8 Å². The molecule has 0 aliphatic rings. The van der Waals surface area contributed by atoms with Gasteiger partial charge in [-0.2, -0.15) is 0 Å². The third-order valence-electron chi connectivity index (χ3n) is 1.90. The van der Waals surface area contributed by atoms with Crippen molar-refractivity contribution in [2.45, 2.75) is 19.8 Å². The summed E-state index contributed by atoms with van der Waals surface area (Å²) >= 11 is 0. The number of carboxylic acid groups (broad SMARTS) is 3. The summed E-state index contributed by atoms with van der Waals surface area (Å²) in [5, 5.41) is 25.5. The first-order valence-electron chi connectivity index (χ1n) is 4.01. The van der Waals surface area contributed by atoms with Gasteiger partial charge < -0.3 is 15.3 Å². The lowest BCUT2D eigenvalue weighted by Crippen LogP contribution is -2.26. The molecule has 0 radical (unpaired) electrons. The van der Waals surface area contributed by atoms with Crippen LogP contribution in [0.5, 0.6) is 0 Å². The molecule has 0 rings (SSSR count). The first-order valence-corrected chi connectivity index (χ1v) is 4.01. The van der Waals surface area contributed by atoms with E-state index in [1.54, 1.807) is 0 Å². The van der Waals surface area contributed by atoms with Gasteiger partial charge in [0.05, 0.1) is 12.3 Å². The third-order valence-corrected chi connectivity index (χ3v) is 1.90. The summed E-state index contributed by atoms with van der Waals surface area (Å²) in [4.78, 5) is 31.2. The average Bonchev–Trinajstić information content (AvgIpc) is 1.97. The van der Waals surface area contributed by atoms with E-state index < -0.39 is 36.2 Å². The predicted molar refractivity (Wildman–Crippen MR) is 44.8 cm³/mol. The molecule has 0 saturated heterocycles. The lowest BCUT2D eigenvalue weighted by atomic mass is 9.88. The Balaban J connectivity index is 4.40. The van der Waals surface area contributed by atoms with E-state index in [0.29, 0.717) is 0 Å². The molecule has 0 heterocycles. The fourth-order valence-electron chi connectivity index (χ4n) is 1.14. The molecule has 0 aromatic rings. The Kier molecular flexibility index (Phi) is 4.62. The van der Waals surface area contributed by atoms with E-state index in [9.17, 15) is 14.4 Å². The molecule has 6 heteroatoms. The highest BCUT2D eigenvalue weighted by atomic mass is 16.4. The van der Waals surface area contributed by atoms with E-state index in [0.717, 1.165) is 0 Å². The van der Waals surface area contributed by atoms with Crippen LogP contribution in [-0.2, 0) is 14.4 Å². The zero-order valence-corrected chi connectivity index (χ0v) is 7.64. The standard InChI is InChI=1S/C8H12O6/c1-4(2-6(9)10)5(8(13)14)3-7(11)12/h4-5H,2-3H2,1H3,(H,9,10)(H,11,12)(H,13,14). The summed E-state index contributed by atoms with van der Waals surface area (Å²) in [6.07, 6.45) is -0.895. The summed E-state index contributed by atoms with van der Waals surface area (Å²) in [7, 11) is 0. The van der Waals surface area contributed by atoms with E-state index in [2.05, 4.69) is 0 Å². The van der Waals surface area contributed by atoms with Crippen LogP contribution in [0.3, 0.4) is 0 Å². The van der Waals surface area contributed by atoms with Crippen LogP contribution in [0.2, 0.25) is 0 Å². The van der Waals surface area contributed by atoms with Crippen molar-refractivity contribution in [1.29, 1.82) is 0 Å². The minimum atomic E-state index is -1.28. The topological polar surface area (TPSA) is 112 Å². The van der Waals surface area contributed by atoms with E-state index >= 15 is 0 Å². The number of hydrogen-bond donors (Lipinski definition) is 3. The molecular formula is C8H12O6. The molecule has 80 valence electrons. The second kappa shape index (κ2) is 5.21. The van der Waals surface area contributed by atoms with Gasteiger partial charge in [-0.3, -0.25) is 14.4 Å². The van der Waals surface area contributed by atoms with Gasteiger partial charge in [0.2, 0.25) is 0 Å². The fraction of sp³-hybridized carbons (Fsp3) is 0.625. The van der Waals surface area contributed by atoms with Gasteiger partial charge in [0.25, 0.3) is 0 Å². The molecule has 0 bridgehead atoms. The van der Waals surface area contributed by atoms with Gasteiger partial charge >= 0.3 is 17.9 Å². The fourth-order valence-corrected chi connectivity index (χ4v) is 1.14. The Morgan fingerprint density at radius 1 is 1.00 bits per heavy atom. The van der Waals surface area contributed by atoms with E-state index in [4.69, 9.17) is 15.3 Å². The highest BCUT2D eigenvalue weighted by Gasteiger charge is 2.28. The maximum Gasteiger partial charge on any atom is 0.307 e. The first-order chi connectivity index (χ1) is 6.34. The molecule has 2 atom stereocenters. The van der Waals surface area contributed by atoms with Crippen molar-refractivity contribution in [3.63, 3.8) is 0 Å². The van der Waals surface area contributed by atoms with Gasteiger partial charge in [0.15, 0.2) is 0 Å². The van der Waals surface area contributed by atoms with Crippen molar-refractivity contribution in [2.75, 3.05) is 0 Å². The molecule has 6 nitrogen and oxygen atoms in total. The largest absolute Gasteiger partial charge is 0.481 e. The molecule has 0 saturated carbocycles. The summed E-state index contributed by atoms with van der Waals surface area (Å²) in [5.74, 6) is -5.49. The van der Waals surface area contributed by atoms with Crippen LogP contribution in [0, 0.1) is 11.8 Å². The van der Waals surface area contributed by atoms with Crippen LogP contribution >= 0.6 is 0 Å². The molecule has 0 aromatic carbocycles. The van der Waals surface area contributed by atoms with Crippen molar-refractivity contribution in [3.8, 4) is 0 Å². The number of aliphatic carboxylic acids is 3. The van der Waals surface area contributed by atoms with Crippen molar-refractivity contribution in [1.82, 2.24) is 0 Å². The van der Waals surface area contributed by atoms with Gasteiger partial charge in [0, 0.05) is 6.42 Å². The predicted octanol–water partition coefficient (Wildman–Crippen LogP) is 0.273. The Morgan fingerprint density at radius 2 is 1.43 bits per heavy atom. The summed E-state index contributed by atoms with van der Waals surface area (Å²) in [5.41, 5.74) is 0. The molecular weight excluding hydrogens is 192 g/mol. The van der Waals surface area contributed by atoms with Crippen LogP contribution in [-0.4, -0.2) is 33.2 Å². The van der Waals surface area contributed by atoms with E-state index in [1.165, 1.54) is 6.92 Å². The van der Waals surface area contributed by atoms with Crippen LogP contribution in [0.4, 0.5) is 0 Å². The molecule has 0 amide bonds. The molecule has 0 aliphatic heterocycles. The van der Waals surface area contributed by atoms with Crippen LogP contribution < -0.4 is 0 Å². The highest BCUT2D eigenvalue weighted by molar-refractivity contribution is 5.78. The van der Waals surface area contributed by atoms with Crippen LogP contribution in [0.15, 0.2) is 0 Å². The van der Waals surface area contributed by atoms with Gasteiger partial charge in [-0.1, -0.05) is 6.92 Å². The monoisotopic (exact) mass is 204 g/mol. The summed E-state index contributed by atoms with van der Waals surface area (Å²) in [6, 6.07) is 0. The SMILES string of the molecule is CC(CC(=O)O)C(CC(=O)O)C(=O)O. The molecule has 3 N–H and O–H groups in total. The van der Waals surface area contributed by atoms with Crippen molar-refractivity contribution < 1.29 is 29.7 Å². The van der Waals surface area contributed by atoms with Gasteiger partial charge in [-0.15, -0.1) is 0 Å². The first kappa shape index (κ1) is 12.4. The highest BCUT2D eigenvalue weighted by Crippen LogP contribution is 2.19. The third kappa shape index (κ3) is 4.44. The average molecular weight is 204 g/mol. The summed E-state index contributed by atoms with van der Waals surface area (Å²) in [6.45, 7) is 1.41. The van der Waals surface area contributed by atoms with E-state index in [-0.39, 0.29) is 6.42 Å². The number of carbonyl (C=O) groups is 3. The van der Waals surface area contributed by atoms with Gasteiger partial charge in [-0.05, 0) is 5.92 Å². The van der Waals surface area contributed by atoms with Gasteiger partial charge in [0.1, 0.15) is 0 Å². The van der Waals surface area contributed by atoms with Gasteiger partial charge in [-0.25, -0.2) is 0 Å². The minimum absolute atomic E-state index is 0.343. The number of rotatable bonds is 6. The number of hydrogen-bond acceptors (Lipinski definition) is 3. The molecule has 0 aliphatic carbocycles. The van der Waals surface area contributed by atoms with Crippen molar-refractivity contribution >= 4 is 17.9 Å². The number of carboxylic acids is 3. The van der Waals surface area contributed by atoms with Crippen molar-refractivity contribution in [3.05, 3.63) is 0 Å². The second-order valence-corrected chi connectivity index (χ2v) is 3.12. The minimum Gasteiger partial charge on any atom is -0.481 e. The summed E-state index contributed by atoms with van der Waals surface area (Å²) < 4.78 is 0. The normalized spacial score (nSPS) is 14.4. The zero-order chi connectivity index (χ0) is 11.3. The Hall–Kier alpha value is -1.59. The lowest BCUT2D eigenvalue weighted by Gasteiger charge is -2.16. The van der Waals surface area contributed by atoms with Crippen LogP contribution in [0.25, 0.3) is 0 Å². The Labute approximate surface area is 80.2 Å². The molecule has 0 fully saturated rings. The quantitative estimate of drug-likeness (QED) is 0.572. The molecule has 0 spiro atoms. The molecule has 0 aromatic heterocycles. The molecule has 14 heavy (non-hydrogen) atoms. The lowest BCUT2D eigenvalue weighted by molar-refractivity contribution is -0.151. The smallest absolute Gasteiger partial charge is 0.307 e. The maximum absolute atomic E-state index is 10.6. The zero-order valence-electron chi connectivity index (χ0n) is 7.64. The van der Waals surface area contributed by atoms with E-state index in [1.807, 2.05) is 0 Å². The maximum atomic E-state index is 10.6. The van der Waals surface area contributed by atoms with Crippen molar-refractivity contribution in [2.24, 2.45) is 11.8 Å². The second-order valence-electron chi connectivity index (χ2n) is 3.12. The Morgan fingerprint density at radius 3 is 1.71 bits per heavy atom. The Bertz CT molecular complexity index is 246. The molecule has 2 unspecified atom stereocenters.